The van der Waals surface area contributed by atoms with Gasteiger partial charge in [0.25, 0.3) is 5.91 Å². The fourth-order valence-electron chi connectivity index (χ4n) is 4.27. The van der Waals surface area contributed by atoms with Crippen LogP contribution in [0.2, 0.25) is 0 Å². The van der Waals surface area contributed by atoms with Crippen LogP contribution in [0.15, 0.2) is 30.3 Å². The van der Waals surface area contributed by atoms with E-state index in [1.54, 1.807) is 17.0 Å². The fourth-order valence-corrected chi connectivity index (χ4v) is 4.27. The Morgan fingerprint density at radius 1 is 1.18 bits per heavy atom. The van der Waals surface area contributed by atoms with Crippen LogP contribution in [0.1, 0.15) is 47.2 Å². The van der Waals surface area contributed by atoms with Crippen molar-refractivity contribution in [1.29, 1.82) is 0 Å². The minimum atomic E-state index is -0.307. The van der Waals surface area contributed by atoms with Gasteiger partial charge in [-0.15, -0.1) is 0 Å². The maximum Gasteiger partial charge on any atom is 0.258 e. The molecule has 1 amide bonds. The van der Waals surface area contributed by atoms with Gasteiger partial charge in [0, 0.05) is 30.6 Å². The van der Waals surface area contributed by atoms with E-state index in [2.05, 4.69) is 15.5 Å². The SMILES string of the molecule is O=C(c1cc2c(NC3CCCC3)n[nH]c2cc1O)N1Cc2ccc(F)cc2C1. The molecule has 1 aliphatic heterocycles. The summed E-state index contributed by atoms with van der Waals surface area (Å²) in [4.78, 5) is 14.7. The molecule has 144 valence electrons. The number of benzene rings is 2. The highest BCUT2D eigenvalue weighted by Crippen LogP contribution is 2.33. The van der Waals surface area contributed by atoms with Gasteiger partial charge in [-0.05, 0) is 42.2 Å². The number of carbonyl (C=O) groups excluding carboxylic acids is 1. The molecule has 0 unspecified atom stereocenters. The van der Waals surface area contributed by atoms with E-state index in [0.29, 0.717) is 30.5 Å². The van der Waals surface area contributed by atoms with Crippen LogP contribution in [-0.4, -0.2) is 32.2 Å². The van der Waals surface area contributed by atoms with Gasteiger partial charge in [0.05, 0.1) is 11.1 Å². The number of hydrogen-bond acceptors (Lipinski definition) is 4. The Morgan fingerprint density at radius 2 is 1.96 bits per heavy atom. The topological polar surface area (TPSA) is 81.2 Å². The third-order valence-electron chi connectivity index (χ3n) is 5.78. The molecule has 1 saturated carbocycles. The van der Waals surface area contributed by atoms with Crippen LogP contribution in [0.5, 0.6) is 5.75 Å². The lowest BCUT2D eigenvalue weighted by atomic mass is 10.1. The molecule has 0 spiro atoms. The fraction of sp³-hybridized carbons (Fsp3) is 0.333. The summed E-state index contributed by atoms with van der Waals surface area (Å²) < 4.78 is 13.5. The lowest BCUT2D eigenvalue weighted by Gasteiger charge is -2.16. The smallest absolute Gasteiger partial charge is 0.258 e. The first-order chi connectivity index (χ1) is 13.6. The first-order valence-corrected chi connectivity index (χ1v) is 9.63. The molecule has 0 bridgehead atoms. The number of hydrogen-bond donors (Lipinski definition) is 3. The second-order valence-corrected chi connectivity index (χ2v) is 7.69. The summed E-state index contributed by atoms with van der Waals surface area (Å²) >= 11 is 0. The monoisotopic (exact) mass is 380 g/mol. The molecule has 2 heterocycles. The lowest BCUT2D eigenvalue weighted by Crippen LogP contribution is -2.25. The zero-order valence-electron chi connectivity index (χ0n) is 15.3. The largest absolute Gasteiger partial charge is 0.507 e. The molecule has 5 rings (SSSR count). The van der Waals surface area contributed by atoms with E-state index >= 15 is 0 Å². The number of aromatic hydroxyl groups is 1. The van der Waals surface area contributed by atoms with Crippen LogP contribution in [0.25, 0.3) is 10.9 Å². The maximum absolute atomic E-state index is 13.5. The van der Waals surface area contributed by atoms with Crippen molar-refractivity contribution in [3.8, 4) is 5.75 Å². The second-order valence-electron chi connectivity index (χ2n) is 7.69. The van der Waals surface area contributed by atoms with Crippen LogP contribution in [0.4, 0.5) is 10.2 Å². The summed E-state index contributed by atoms with van der Waals surface area (Å²) in [5.74, 6) is 0.0424. The summed E-state index contributed by atoms with van der Waals surface area (Å²) in [5.41, 5.74) is 2.65. The summed E-state index contributed by atoms with van der Waals surface area (Å²) in [5, 5.41) is 21.9. The lowest BCUT2D eigenvalue weighted by molar-refractivity contribution is 0.0748. The van der Waals surface area contributed by atoms with Gasteiger partial charge in [-0.2, -0.15) is 5.10 Å². The zero-order chi connectivity index (χ0) is 19.3. The number of halogens is 1. The molecule has 2 aromatic carbocycles. The number of nitrogens with one attached hydrogen (secondary N) is 2. The van der Waals surface area contributed by atoms with E-state index in [0.717, 1.165) is 29.4 Å². The minimum absolute atomic E-state index is 0.0873. The third kappa shape index (κ3) is 2.87. The average Bonchev–Trinajstić information content (AvgIpc) is 3.41. The van der Waals surface area contributed by atoms with Crippen LogP contribution in [0, 0.1) is 5.82 Å². The first kappa shape index (κ1) is 17.0. The van der Waals surface area contributed by atoms with Gasteiger partial charge >= 0.3 is 0 Å². The van der Waals surface area contributed by atoms with Crippen molar-refractivity contribution in [3.63, 3.8) is 0 Å². The second kappa shape index (κ2) is 6.51. The molecular weight excluding hydrogens is 359 g/mol. The van der Waals surface area contributed by atoms with Crippen molar-refractivity contribution >= 4 is 22.6 Å². The maximum atomic E-state index is 13.5. The number of amides is 1. The van der Waals surface area contributed by atoms with Gasteiger partial charge < -0.3 is 15.3 Å². The Morgan fingerprint density at radius 3 is 2.79 bits per heavy atom. The highest BCUT2D eigenvalue weighted by Gasteiger charge is 2.27. The third-order valence-corrected chi connectivity index (χ3v) is 5.78. The van der Waals surface area contributed by atoms with Crippen molar-refractivity contribution in [2.24, 2.45) is 0 Å². The van der Waals surface area contributed by atoms with E-state index in [1.165, 1.54) is 31.0 Å². The molecule has 1 fully saturated rings. The molecule has 6 nitrogen and oxygen atoms in total. The molecule has 0 saturated heterocycles. The Labute approximate surface area is 161 Å². The minimum Gasteiger partial charge on any atom is -0.507 e. The van der Waals surface area contributed by atoms with Crippen LogP contribution >= 0.6 is 0 Å². The molecule has 1 aromatic heterocycles. The number of anilines is 1. The summed E-state index contributed by atoms with van der Waals surface area (Å²) in [6.07, 6.45) is 4.64. The number of phenolic OH excluding ortho intramolecular Hbond substituents is 1. The van der Waals surface area contributed by atoms with Gasteiger partial charge in [-0.25, -0.2) is 4.39 Å². The van der Waals surface area contributed by atoms with E-state index in [4.69, 9.17) is 0 Å². The normalized spacial score (nSPS) is 16.7. The van der Waals surface area contributed by atoms with Gasteiger partial charge in [-0.3, -0.25) is 9.89 Å². The number of aromatic amines is 1. The quantitative estimate of drug-likeness (QED) is 0.643. The van der Waals surface area contributed by atoms with E-state index in [1.807, 2.05) is 0 Å². The van der Waals surface area contributed by atoms with Crippen molar-refractivity contribution in [1.82, 2.24) is 15.1 Å². The van der Waals surface area contributed by atoms with Gasteiger partial charge in [-0.1, -0.05) is 18.9 Å². The molecule has 1 aliphatic carbocycles. The molecule has 7 heteroatoms. The summed E-state index contributed by atoms with van der Waals surface area (Å²) in [6.45, 7) is 0.743. The van der Waals surface area contributed by atoms with Gasteiger partial charge in [0.1, 0.15) is 11.6 Å². The Hall–Kier alpha value is -3.09. The highest BCUT2D eigenvalue weighted by atomic mass is 19.1. The van der Waals surface area contributed by atoms with E-state index < -0.39 is 0 Å². The average molecular weight is 380 g/mol. The van der Waals surface area contributed by atoms with Crippen LogP contribution < -0.4 is 5.32 Å². The number of carbonyl (C=O) groups is 1. The van der Waals surface area contributed by atoms with Crippen molar-refractivity contribution < 1.29 is 14.3 Å². The number of nitrogens with zero attached hydrogens (tertiary/aromatic N) is 2. The number of rotatable bonds is 3. The molecule has 28 heavy (non-hydrogen) atoms. The summed E-state index contributed by atoms with van der Waals surface area (Å²) in [6, 6.07) is 8.20. The van der Waals surface area contributed by atoms with Gasteiger partial charge in [0.15, 0.2) is 5.82 Å². The van der Waals surface area contributed by atoms with Crippen molar-refractivity contribution in [3.05, 3.63) is 52.8 Å². The van der Waals surface area contributed by atoms with Crippen LogP contribution in [-0.2, 0) is 13.1 Å². The van der Waals surface area contributed by atoms with Crippen LogP contribution in [0.3, 0.4) is 0 Å². The number of aromatic nitrogens is 2. The predicted octanol–water partition coefficient (Wildman–Crippen LogP) is 3.92. The Bertz CT molecular complexity index is 1070. The summed E-state index contributed by atoms with van der Waals surface area (Å²) in [7, 11) is 0. The molecular formula is C21H21FN4O2. The standard InChI is InChI=1S/C21H21FN4O2/c22-14-6-5-12-10-26(11-13(12)7-14)21(28)17-8-16-18(9-19(17)27)24-25-20(16)23-15-3-1-2-4-15/h5-9,15,27H,1-4,10-11H2,(H2,23,24,25). The number of phenols is 1. The Kier molecular flexibility index (Phi) is 3.96. The number of H-pyrrole nitrogens is 1. The first-order valence-electron chi connectivity index (χ1n) is 9.63. The molecule has 2 aliphatic rings. The van der Waals surface area contributed by atoms with E-state index in [9.17, 15) is 14.3 Å². The predicted molar refractivity (Wildman–Crippen MR) is 104 cm³/mol. The van der Waals surface area contributed by atoms with Crippen molar-refractivity contribution in [2.75, 3.05) is 5.32 Å². The zero-order valence-corrected chi connectivity index (χ0v) is 15.3. The van der Waals surface area contributed by atoms with Crippen molar-refractivity contribution in [2.45, 2.75) is 44.8 Å². The van der Waals surface area contributed by atoms with Gasteiger partial charge in [0.2, 0.25) is 0 Å². The highest BCUT2D eigenvalue weighted by molar-refractivity contribution is 6.03. The molecule has 0 radical (unpaired) electrons. The Balaban J connectivity index is 1.45. The molecule has 3 N–H and O–H groups in total. The van der Waals surface area contributed by atoms with E-state index in [-0.39, 0.29) is 23.0 Å². The molecule has 3 aromatic rings. The molecule has 0 atom stereocenters. The number of fused-ring (bicyclic) bond motifs is 2.